The second-order valence-corrected chi connectivity index (χ2v) is 11.0. The van der Waals surface area contributed by atoms with Crippen LogP contribution in [0.1, 0.15) is 102 Å². The summed E-state index contributed by atoms with van der Waals surface area (Å²) in [7, 11) is 0. The highest BCUT2D eigenvalue weighted by Crippen LogP contribution is 2.26. The van der Waals surface area contributed by atoms with Crippen LogP contribution in [-0.2, 0) is 21.9 Å². The van der Waals surface area contributed by atoms with Crippen LogP contribution >= 0.6 is 0 Å². The third-order valence-electron chi connectivity index (χ3n) is 4.00. The Hall–Kier alpha value is -1.65. The molecule has 5 nitrogen and oxygen atoms in total. The van der Waals surface area contributed by atoms with Gasteiger partial charge in [0.1, 0.15) is 0 Å². The Morgan fingerprint density at radius 1 is 0.741 bits per heavy atom. The average molecular weight is 378 g/mol. The molecule has 0 spiro atoms. The normalized spacial score (nSPS) is 12.9. The number of hydrogen-bond donors (Lipinski definition) is 0. The minimum absolute atomic E-state index is 0. The second kappa shape index (κ2) is 8.15. The van der Waals surface area contributed by atoms with Gasteiger partial charge in [-0.1, -0.05) is 54.2 Å². The fourth-order valence-corrected chi connectivity index (χ4v) is 2.34. The van der Waals surface area contributed by atoms with E-state index in [0.29, 0.717) is 0 Å². The molecule has 2 aromatic heterocycles. The molecule has 0 N–H and O–H groups in total. The van der Waals surface area contributed by atoms with E-state index in [2.05, 4.69) is 109 Å². The summed E-state index contributed by atoms with van der Waals surface area (Å²) in [5, 5.41) is 12.7. The first-order valence-electron chi connectivity index (χ1n) is 9.42. The fourth-order valence-electron chi connectivity index (χ4n) is 2.34. The molecule has 0 atom stereocenters. The van der Waals surface area contributed by atoms with Crippen LogP contribution in [0.25, 0.3) is 0 Å². The second-order valence-electron chi connectivity index (χ2n) is 11.0. The minimum Gasteiger partial charge on any atom is -0.264 e. The molecule has 2 heterocycles. The molecular weight excluding hydrogens is 334 g/mol. The summed E-state index contributed by atoms with van der Waals surface area (Å²) < 4.78 is 4.01. The van der Waals surface area contributed by atoms with Crippen molar-refractivity contribution in [3.05, 3.63) is 29.8 Å². The van der Waals surface area contributed by atoms with Crippen molar-refractivity contribution in [2.24, 2.45) is 0 Å². The molecule has 0 saturated heterocycles. The van der Waals surface area contributed by atoms with E-state index in [1.165, 1.54) is 5.69 Å². The molecule has 0 aromatic carbocycles. The van der Waals surface area contributed by atoms with Crippen LogP contribution in [-0.4, -0.2) is 24.8 Å². The van der Waals surface area contributed by atoms with Gasteiger partial charge in [0.15, 0.2) is 0 Å². The molecule has 0 unspecified atom stereocenters. The summed E-state index contributed by atoms with van der Waals surface area (Å²) in [5.41, 5.74) is 2.69. The third kappa shape index (κ3) is 7.11. The van der Waals surface area contributed by atoms with Crippen molar-refractivity contribution in [1.82, 2.24) is 24.8 Å². The van der Waals surface area contributed by atoms with Crippen molar-refractivity contribution in [3.8, 4) is 0 Å². The van der Waals surface area contributed by atoms with Gasteiger partial charge in [-0.05, 0) is 47.6 Å². The number of nitrogens with zero attached hydrogens (tertiary/aromatic N) is 5. The SMILES string of the molecule is C.CC(C)(C)c1ccnn1C(C)(C)C.CC(C)(C)c1cn(C(C)(C)C)nn1. The summed E-state index contributed by atoms with van der Waals surface area (Å²) in [6.07, 6.45) is 3.91. The lowest BCUT2D eigenvalue weighted by molar-refractivity contribution is 0.322. The van der Waals surface area contributed by atoms with Crippen LogP contribution < -0.4 is 0 Å². The lowest BCUT2D eigenvalue weighted by Gasteiger charge is -2.28. The quantitative estimate of drug-likeness (QED) is 0.574. The van der Waals surface area contributed by atoms with Gasteiger partial charge >= 0.3 is 0 Å². The summed E-state index contributed by atoms with van der Waals surface area (Å²) >= 11 is 0. The maximum atomic E-state index is 4.37. The summed E-state index contributed by atoms with van der Waals surface area (Å²) in [5.74, 6) is 0. The van der Waals surface area contributed by atoms with E-state index in [0.717, 1.165) is 5.69 Å². The summed E-state index contributed by atoms with van der Waals surface area (Å²) in [6, 6.07) is 2.10. The van der Waals surface area contributed by atoms with E-state index in [1.54, 1.807) is 0 Å². The van der Waals surface area contributed by atoms with Gasteiger partial charge in [-0.3, -0.25) is 4.68 Å². The Morgan fingerprint density at radius 3 is 1.52 bits per heavy atom. The van der Waals surface area contributed by atoms with Gasteiger partial charge in [-0.2, -0.15) is 5.10 Å². The first-order valence-corrected chi connectivity index (χ1v) is 9.42. The van der Waals surface area contributed by atoms with Crippen molar-refractivity contribution in [2.45, 2.75) is 112 Å². The highest BCUT2D eigenvalue weighted by Gasteiger charge is 2.24. The molecule has 27 heavy (non-hydrogen) atoms. The van der Waals surface area contributed by atoms with Gasteiger partial charge in [-0.25, -0.2) is 4.68 Å². The lowest BCUT2D eigenvalue weighted by atomic mass is 9.91. The van der Waals surface area contributed by atoms with Crippen LogP contribution in [0.15, 0.2) is 18.5 Å². The van der Waals surface area contributed by atoms with Crippen LogP contribution in [0.3, 0.4) is 0 Å². The van der Waals surface area contributed by atoms with E-state index in [4.69, 9.17) is 0 Å². The zero-order valence-corrected chi connectivity index (χ0v) is 19.0. The molecule has 0 amide bonds. The van der Waals surface area contributed by atoms with E-state index in [1.807, 2.05) is 17.1 Å². The van der Waals surface area contributed by atoms with Crippen LogP contribution in [0, 0.1) is 0 Å². The summed E-state index contributed by atoms with van der Waals surface area (Å²) in [6.45, 7) is 26.0. The third-order valence-corrected chi connectivity index (χ3v) is 4.00. The van der Waals surface area contributed by atoms with Crippen molar-refractivity contribution >= 4 is 0 Å². The first-order chi connectivity index (χ1) is 11.4. The molecule has 0 bridgehead atoms. The fraction of sp³-hybridized carbons (Fsp3) is 0.773. The molecule has 0 fully saturated rings. The van der Waals surface area contributed by atoms with Crippen molar-refractivity contribution in [3.63, 3.8) is 0 Å². The molecule has 2 rings (SSSR count). The monoisotopic (exact) mass is 377 g/mol. The standard InChI is InChI=1S/C11H20N2.C10H19N3.CH4/c1-10(2,3)9-7-8-12-13(9)11(4,5)6;1-9(2,3)8-7-13(12-11-8)10(4,5)6;/h7-8H,1-6H3;7H,1-6H3;1H4. The van der Waals surface area contributed by atoms with Gasteiger partial charge in [0.25, 0.3) is 0 Å². The summed E-state index contributed by atoms with van der Waals surface area (Å²) in [4.78, 5) is 0. The smallest absolute Gasteiger partial charge is 0.0880 e. The number of aromatic nitrogens is 5. The maximum absolute atomic E-state index is 4.37. The van der Waals surface area contributed by atoms with Gasteiger partial charge in [0.05, 0.1) is 16.8 Å². The van der Waals surface area contributed by atoms with Gasteiger partial charge < -0.3 is 0 Å². The lowest BCUT2D eigenvalue weighted by Crippen LogP contribution is -2.29. The highest BCUT2D eigenvalue weighted by molar-refractivity contribution is 5.13. The first kappa shape index (κ1) is 25.4. The molecular formula is C22H43N5. The van der Waals surface area contributed by atoms with E-state index in [-0.39, 0.29) is 29.3 Å². The zero-order chi connectivity index (χ0) is 20.6. The Balaban J connectivity index is 0.000000483. The maximum Gasteiger partial charge on any atom is 0.0880 e. The van der Waals surface area contributed by atoms with Crippen molar-refractivity contribution in [2.75, 3.05) is 0 Å². The number of rotatable bonds is 0. The van der Waals surface area contributed by atoms with Gasteiger partial charge in [-0.15, -0.1) is 5.10 Å². The Labute approximate surface area is 167 Å². The molecule has 0 aliphatic carbocycles. The van der Waals surface area contributed by atoms with Gasteiger partial charge in [0, 0.05) is 28.9 Å². The highest BCUT2D eigenvalue weighted by atomic mass is 15.4. The van der Waals surface area contributed by atoms with Crippen molar-refractivity contribution < 1.29 is 0 Å². The van der Waals surface area contributed by atoms with E-state index < -0.39 is 0 Å². The van der Waals surface area contributed by atoms with Crippen LogP contribution in [0.2, 0.25) is 0 Å². The van der Waals surface area contributed by atoms with E-state index in [9.17, 15) is 0 Å². The predicted octanol–water partition coefficient (Wildman–Crippen LogP) is 5.90. The van der Waals surface area contributed by atoms with Crippen LogP contribution in [0.4, 0.5) is 0 Å². The average Bonchev–Trinajstić information content (AvgIpc) is 3.06. The van der Waals surface area contributed by atoms with Gasteiger partial charge in [0.2, 0.25) is 0 Å². The molecule has 0 aliphatic rings. The molecule has 156 valence electrons. The topological polar surface area (TPSA) is 48.5 Å². The molecule has 5 heteroatoms. The molecule has 2 aromatic rings. The van der Waals surface area contributed by atoms with Crippen molar-refractivity contribution in [1.29, 1.82) is 0 Å². The Bertz CT molecular complexity index is 638. The minimum atomic E-state index is 0. The Morgan fingerprint density at radius 2 is 1.26 bits per heavy atom. The molecule has 0 saturated carbocycles. The Kier molecular flexibility index (Phi) is 7.66. The van der Waals surface area contributed by atoms with Crippen LogP contribution in [0.5, 0.6) is 0 Å². The molecule has 0 radical (unpaired) electrons. The largest absolute Gasteiger partial charge is 0.264 e. The van der Waals surface area contributed by atoms with E-state index >= 15 is 0 Å². The zero-order valence-electron chi connectivity index (χ0n) is 19.0. The number of hydrogen-bond acceptors (Lipinski definition) is 3. The molecule has 0 aliphatic heterocycles. The predicted molar refractivity (Wildman–Crippen MR) is 116 cm³/mol.